The number of carbonyl (C=O) groups is 1. The Labute approximate surface area is 120 Å². The Bertz CT molecular complexity index is 677. The van der Waals surface area contributed by atoms with E-state index >= 15 is 0 Å². The molecule has 0 radical (unpaired) electrons. The summed E-state index contributed by atoms with van der Waals surface area (Å²) in [5.41, 5.74) is 2.15. The van der Waals surface area contributed by atoms with Crippen LogP contribution in [0.4, 0.5) is 0 Å². The van der Waals surface area contributed by atoms with Crippen molar-refractivity contribution in [2.24, 2.45) is 5.92 Å². The fourth-order valence-corrected chi connectivity index (χ4v) is 2.22. The monoisotopic (exact) mass is 265 g/mol. The van der Waals surface area contributed by atoms with E-state index in [0.29, 0.717) is 5.92 Å². The highest BCUT2D eigenvalue weighted by atomic mass is 16.1. The highest BCUT2D eigenvalue weighted by molar-refractivity contribution is 5.91. The van der Waals surface area contributed by atoms with Crippen LogP contribution in [0.1, 0.15) is 37.9 Å². The Kier molecular flexibility index (Phi) is 4.42. The molecule has 1 N–H and O–H groups in total. The lowest BCUT2D eigenvalue weighted by Crippen LogP contribution is -2.16. The second-order valence-electron chi connectivity index (χ2n) is 5.18. The van der Waals surface area contributed by atoms with Crippen molar-refractivity contribution in [1.29, 1.82) is 0 Å². The first-order valence-corrected chi connectivity index (χ1v) is 6.86. The van der Waals surface area contributed by atoms with Crippen molar-refractivity contribution < 1.29 is 4.79 Å². The van der Waals surface area contributed by atoms with E-state index in [0.717, 1.165) is 28.3 Å². The standard InChI is InChI=1S/C18H19NO/c1-13(2)8-9-15-10-11-16(14(3)19-12-20)18-7-5-4-6-17(15)18/h4-7,10-14H,1-3H3,(H,19,20). The first-order chi connectivity index (χ1) is 9.63. The van der Waals surface area contributed by atoms with Gasteiger partial charge >= 0.3 is 0 Å². The zero-order valence-electron chi connectivity index (χ0n) is 12.1. The van der Waals surface area contributed by atoms with Gasteiger partial charge in [0.05, 0.1) is 6.04 Å². The first kappa shape index (κ1) is 14.1. The molecular formula is C18H19NO. The predicted octanol–water partition coefficient (Wildman–Crippen LogP) is 3.65. The van der Waals surface area contributed by atoms with Gasteiger partial charge in [-0.05, 0) is 29.3 Å². The van der Waals surface area contributed by atoms with Crippen molar-refractivity contribution in [2.45, 2.75) is 26.8 Å². The molecule has 2 rings (SSSR count). The zero-order valence-corrected chi connectivity index (χ0v) is 12.1. The van der Waals surface area contributed by atoms with Gasteiger partial charge in [0, 0.05) is 11.5 Å². The van der Waals surface area contributed by atoms with Gasteiger partial charge < -0.3 is 5.32 Å². The van der Waals surface area contributed by atoms with Crippen molar-refractivity contribution in [2.75, 3.05) is 0 Å². The van der Waals surface area contributed by atoms with E-state index in [4.69, 9.17) is 0 Å². The summed E-state index contributed by atoms with van der Waals surface area (Å²) in [6.07, 6.45) is 0.742. The normalized spacial score (nSPS) is 11.8. The van der Waals surface area contributed by atoms with Gasteiger partial charge in [-0.2, -0.15) is 0 Å². The van der Waals surface area contributed by atoms with Crippen LogP contribution in [-0.2, 0) is 4.79 Å². The number of nitrogens with one attached hydrogen (secondary N) is 1. The predicted molar refractivity (Wildman–Crippen MR) is 83.3 cm³/mol. The summed E-state index contributed by atoms with van der Waals surface area (Å²) in [6.45, 7) is 6.15. The Morgan fingerprint density at radius 3 is 2.40 bits per heavy atom. The molecule has 0 aromatic heterocycles. The van der Waals surface area contributed by atoms with Crippen molar-refractivity contribution >= 4 is 17.2 Å². The molecular weight excluding hydrogens is 246 g/mol. The van der Waals surface area contributed by atoms with Crippen LogP contribution in [-0.4, -0.2) is 6.41 Å². The van der Waals surface area contributed by atoms with Gasteiger partial charge in [-0.15, -0.1) is 0 Å². The zero-order chi connectivity index (χ0) is 14.5. The number of amides is 1. The van der Waals surface area contributed by atoms with Gasteiger partial charge in [-0.25, -0.2) is 0 Å². The van der Waals surface area contributed by atoms with Crippen molar-refractivity contribution in [3.05, 3.63) is 47.5 Å². The fraction of sp³-hybridized carbons (Fsp3) is 0.278. The average molecular weight is 265 g/mol. The van der Waals surface area contributed by atoms with E-state index in [1.54, 1.807) is 0 Å². The van der Waals surface area contributed by atoms with E-state index < -0.39 is 0 Å². The first-order valence-electron chi connectivity index (χ1n) is 6.86. The molecule has 0 aliphatic heterocycles. The summed E-state index contributed by atoms with van der Waals surface area (Å²) in [7, 11) is 0. The lowest BCUT2D eigenvalue weighted by atomic mass is 9.96. The Balaban J connectivity index is 2.59. The minimum absolute atomic E-state index is 0.00971. The van der Waals surface area contributed by atoms with E-state index in [2.05, 4.69) is 43.1 Å². The summed E-state index contributed by atoms with van der Waals surface area (Å²) < 4.78 is 0. The van der Waals surface area contributed by atoms with E-state index in [1.165, 1.54) is 0 Å². The molecule has 0 heterocycles. The van der Waals surface area contributed by atoms with Gasteiger partial charge in [0.25, 0.3) is 0 Å². The number of hydrogen-bond donors (Lipinski definition) is 1. The molecule has 102 valence electrons. The summed E-state index contributed by atoms with van der Waals surface area (Å²) in [5, 5.41) is 5.09. The van der Waals surface area contributed by atoms with Gasteiger partial charge in [0.1, 0.15) is 0 Å². The maximum absolute atomic E-state index is 10.6. The molecule has 1 unspecified atom stereocenters. The summed E-state index contributed by atoms with van der Waals surface area (Å²) in [5.74, 6) is 6.80. The Hall–Kier alpha value is -2.27. The number of fused-ring (bicyclic) bond motifs is 1. The number of carbonyl (C=O) groups excluding carboxylic acids is 1. The average Bonchev–Trinajstić information content (AvgIpc) is 2.44. The third kappa shape index (κ3) is 3.00. The maximum atomic E-state index is 10.6. The number of rotatable bonds is 3. The molecule has 0 aliphatic rings. The highest BCUT2D eigenvalue weighted by Gasteiger charge is 2.10. The summed E-state index contributed by atoms with van der Waals surface area (Å²) >= 11 is 0. The largest absolute Gasteiger partial charge is 0.352 e. The van der Waals surface area contributed by atoms with Crippen LogP contribution in [0.15, 0.2) is 36.4 Å². The molecule has 2 nitrogen and oxygen atoms in total. The Morgan fingerprint density at radius 2 is 1.75 bits per heavy atom. The second-order valence-corrected chi connectivity index (χ2v) is 5.18. The van der Waals surface area contributed by atoms with Crippen LogP contribution < -0.4 is 5.32 Å². The van der Waals surface area contributed by atoms with Gasteiger partial charge in [-0.3, -0.25) is 4.79 Å². The van der Waals surface area contributed by atoms with Crippen LogP contribution in [0, 0.1) is 17.8 Å². The lowest BCUT2D eigenvalue weighted by Gasteiger charge is -2.14. The smallest absolute Gasteiger partial charge is 0.207 e. The molecule has 20 heavy (non-hydrogen) atoms. The van der Waals surface area contributed by atoms with Crippen LogP contribution in [0.3, 0.4) is 0 Å². The lowest BCUT2D eigenvalue weighted by molar-refractivity contribution is -0.110. The molecule has 0 saturated heterocycles. The third-order valence-corrected chi connectivity index (χ3v) is 3.24. The molecule has 0 saturated carbocycles. The quantitative estimate of drug-likeness (QED) is 0.666. The molecule has 0 spiro atoms. The van der Waals surface area contributed by atoms with Crippen LogP contribution >= 0.6 is 0 Å². The maximum Gasteiger partial charge on any atom is 0.207 e. The van der Waals surface area contributed by atoms with E-state index in [-0.39, 0.29) is 6.04 Å². The number of hydrogen-bond acceptors (Lipinski definition) is 1. The highest BCUT2D eigenvalue weighted by Crippen LogP contribution is 2.26. The van der Waals surface area contributed by atoms with Gasteiger partial charge in [0.2, 0.25) is 6.41 Å². The van der Waals surface area contributed by atoms with Crippen LogP contribution in [0.25, 0.3) is 10.8 Å². The van der Waals surface area contributed by atoms with Crippen LogP contribution in [0.2, 0.25) is 0 Å². The Morgan fingerprint density at radius 1 is 1.05 bits per heavy atom. The molecule has 2 heteroatoms. The minimum Gasteiger partial charge on any atom is -0.352 e. The van der Waals surface area contributed by atoms with E-state index in [1.807, 2.05) is 31.2 Å². The van der Waals surface area contributed by atoms with Gasteiger partial charge in [0.15, 0.2) is 0 Å². The topological polar surface area (TPSA) is 29.1 Å². The molecule has 2 aromatic rings. The molecule has 0 bridgehead atoms. The minimum atomic E-state index is -0.00971. The second kappa shape index (κ2) is 6.25. The van der Waals surface area contributed by atoms with E-state index in [9.17, 15) is 4.79 Å². The summed E-state index contributed by atoms with van der Waals surface area (Å²) in [4.78, 5) is 10.6. The molecule has 0 aliphatic carbocycles. The van der Waals surface area contributed by atoms with Crippen LogP contribution in [0.5, 0.6) is 0 Å². The molecule has 1 amide bonds. The third-order valence-electron chi connectivity index (χ3n) is 3.24. The summed E-state index contributed by atoms with van der Waals surface area (Å²) in [6, 6.07) is 12.3. The SMILES string of the molecule is CC(C)C#Cc1ccc(C(C)NC=O)c2ccccc12. The van der Waals surface area contributed by atoms with Crippen molar-refractivity contribution in [3.63, 3.8) is 0 Å². The molecule has 1 atom stereocenters. The number of benzene rings is 2. The van der Waals surface area contributed by atoms with Crippen molar-refractivity contribution in [3.8, 4) is 11.8 Å². The molecule has 2 aromatic carbocycles. The van der Waals surface area contributed by atoms with Crippen molar-refractivity contribution in [1.82, 2.24) is 5.32 Å². The molecule has 0 fully saturated rings. The fourth-order valence-electron chi connectivity index (χ4n) is 2.22. The van der Waals surface area contributed by atoms with Gasteiger partial charge in [-0.1, -0.05) is 56.0 Å².